The predicted molar refractivity (Wildman–Crippen MR) is 141 cm³/mol. The minimum absolute atomic E-state index is 0.0371. The maximum Gasteiger partial charge on any atom is 0.242 e. The quantitative estimate of drug-likeness (QED) is 0.397. The summed E-state index contributed by atoms with van der Waals surface area (Å²) in [5, 5.41) is 3.02. The Bertz CT molecular complexity index is 957. The van der Waals surface area contributed by atoms with E-state index in [-0.39, 0.29) is 11.8 Å². The SMILES string of the molecule is CCOc1ccc(CCC(=O)N(Cc2cccc(C)c2)[C@@H](CC)C(=O)NCC(C)C)cc1OCC. The van der Waals surface area contributed by atoms with Gasteiger partial charge in [-0.1, -0.05) is 56.7 Å². The number of carbonyl (C=O) groups is 2. The van der Waals surface area contributed by atoms with Gasteiger partial charge in [-0.2, -0.15) is 0 Å². The molecule has 0 unspecified atom stereocenters. The summed E-state index contributed by atoms with van der Waals surface area (Å²) in [4.78, 5) is 28.3. The van der Waals surface area contributed by atoms with E-state index in [0.29, 0.717) is 63.0 Å². The molecule has 0 aliphatic heterocycles. The molecule has 6 heteroatoms. The highest BCUT2D eigenvalue weighted by Gasteiger charge is 2.28. The van der Waals surface area contributed by atoms with Crippen molar-refractivity contribution in [2.45, 2.75) is 73.4 Å². The van der Waals surface area contributed by atoms with E-state index in [1.807, 2.05) is 64.1 Å². The predicted octanol–water partition coefficient (Wildman–Crippen LogP) is 5.30. The average Bonchev–Trinajstić information content (AvgIpc) is 2.82. The molecule has 2 amide bonds. The van der Waals surface area contributed by atoms with Crippen LogP contribution in [0.25, 0.3) is 0 Å². The van der Waals surface area contributed by atoms with Gasteiger partial charge in [0, 0.05) is 19.5 Å². The summed E-state index contributed by atoms with van der Waals surface area (Å²) in [6.07, 6.45) is 1.41. The molecule has 0 heterocycles. The molecule has 0 aliphatic rings. The fraction of sp³-hybridized carbons (Fsp3) is 0.517. The summed E-state index contributed by atoms with van der Waals surface area (Å²) in [5.74, 6) is 1.61. The number of nitrogens with one attached hydrogen (secondary N) is 1. The van der Waals surface area contributed by atoms with Crippen LogP contribution in [0, 0.1) is 12.8 Å². The Morgan fingerprint density at radius 2 is 1.66 bits per heavy atom. The molecule has 2 rings (SSSR count). The van der Waals surface area contributed by atoms with E-state index in [9.17, 15) is 9.59 Å². The van der Waals surface area contributed by atoms with E-state index in [1.54, 1.807) is 4.90 Å². The Hall–Kier alpha value is -3.02. The van der Waals surface area contributed by atoms with Gasteiger partial charge in [0.2, 0.25) is 11.8 Å². The Kier molecular flexibility index (Phi) is 11.6. The molecule has 192 valence electrons. The number of amides is 2. The second kappa shape index (κ2) is 14.4. The molecule has 35 heavy (non-hydrogen) atoms. The first-order valence-electron chi connectivity index (χ1n) is 12.8. The van der Waals surface area contributed by atoms with Gasteiger partial charge >= 0.3 is 0 Å². The normalized spacial score (nSPS) is 11.7. The van der Waals surface area contributed by atoms with E-state index in [2.05, 4.69) is 25.2 Å². The van der Waals surface area contributed by atoms with Crippen LogP contribution in [0.3, 0.4) is 0 Å². The number of benzene rings is 2. The molecular formula is C29H42N2O4. The van der Waals surface area contributed by atoms with Crippen molar-refractivity contribution in [3.05, 3.63) is 59.2 Å². The minimum Gasteiger partial charge on any atom is -0.490 e. The van der Waals surface area contributed by atoms with Gasteiger partial charge in [0.1, 0.15) is 6.04 Å². The second-order valence-electron chi connectivity index (χ2n) is 9.22. The van der Waals surface area contributed by atoms with Gasteiger partial charge in [-0.05, 0) is 62.8 Å². The number of hydrogen-bond acceptors (Lipinski definition) is 4. The maximum atomic E-state index is 13.5. The third kappa shape index (κ3) is 8.93. The first-order valence-corrected chi connectivity index (χ1v) is 12.8. The molecule has 0 fully saturated rings. The number of hydrogen-bond donors (Lipinski definition) is 1. The molecule has 0 aromatic heterocycles. The first-order chi connectivity index (χ1) is 16.8. The fourth-order valence-corrected chi connectivity index (χ4v) is 4.00. The monoisotopic (exact) mass is 482 g/mol. The van der Waals surface area contributed by atoms with Gasteiger partial charge in [0.05, 0.1) is 13.2 Å². The molecule has 1 N–H and O–H groups in total. The van der Waals surface area contributed by atoms with Gasteiger partial charge in [-0.25, -0.2) is 0 Å². The third-order valence-electron chi connectivity index (χ3n) is 5.74. The Balaban J connectivity index is 2.22. The summed E-state index contributed by atoms with van der Waals surface area (Å²) in [6, 6.07) is 13.4. The zero-order valence-corrected chi connectivity index (χ0v) is 22.2. The van der Waals surface area contributed by atoms with E-state index >= 15 is 0 Å². The van der Waals surface area contributed by atoms with Crippen molar-refractivity contribution in [1.82, 2.24) is 10.2 Å². The molecule has 0 bridgehead atoms. The van der Waals surface area contributed by atoms with Crippen molar-refractivity contribution in [1.29, 1.82) is 0 Å². The third-order valence-corrected chi connectivity index (χ3v) is 5.74. The van der Waals surface area contributed by atoms with Crippen molar-refractivity contribution >= 4 is 11.8 Å². The second-order valence-corrected chi connectivity index (χ2v) is 9.22. The Morgan fingerprint density at radius 1 is 0.943 bits per heavy atom. The van der Waals surface area contributed by atoms with Gasteiger partial charge in [0.25, 0.3) is 0 Å². The summed E-state index contributed by atoms with van der Waals surface area (Å²) < 4.78 is 11.4. The van der Waals surface area contributed by atoms with Crippen LogP contribution < -0.4 is 14.8 Å². The van der Waals surface area contributed by atoms with Gasteiger partial charge in [-0.3, -0.25) is 9.59 Å². The molecule has 2 aromatic carbocycles. The van der Waals surface area contributed by atoms with E-state index in [0.717, 1.165) is 16.7 Å². The standard InChI is InChI=1S/C29H42N2O4/c1-7-25(29(33)30-19-21(4)5)31(20-24-12-10-11-22(6)17-24)28(32)16-14-23-13-15-26(34-8-2)27(18-23)35-9-3/h10-13,15,17-18,21,25H,7-9,14,16,19-20H2,1-6H3,(H,30,33)/t25-/m0/s1. The van der Waals surface area contributed by atoms with E-state index < -0.39 is 6.04 Å². The highest BCUT2D eigenvalue weighted by molar-refractivity contribution is 5.87. The molecule has 0 aliphatic carbocycles. The summed E-state index contributed by atoms with van der Waals surface area (Å²) in [7, 11) is 0. The lowest BCUT2D eigenvalue weighted by Gasteiger charge is -2.31. The van der Waals surface area contributed by atoms with E-state index in [4.69, 9.17) is 9.47 Å². The maximum absolute atomic E-state index is 13.5. The molecule has 0 saturated heterocycles. The van der Waals surface area contributed by atoms with Crippen LogP contribution in [0.5, 0.6) is 11.5 Å². The highest BCUT2D eigenvalue weighted by atomic mass is 16.5. The first kappa shape index (κ1) is 28.2. The van der Waals surface area contributed by atoms with Crippen molar-refractivity contribution in [2.24, 2.45) is 5.92 Å². The number of ether oxygens (including phenoxy) is 2. The van der Waals surface area contributed by atoms with Crippen molar-refractivity contribution in [3.8, 4) is 11.5 Å². The van der Waals surface area contributed by atoms with Crippen LogP contribution in [-0.2, 0) is 22.6 Å². The zero-order chi connectivity index (χ0) is 25.8. The zero-order valence-electron chi connectivity index (χ0n) is 22.2. The van der Waals surface area contributed by atoms with Gasteiger partial charge < -0.3 is 19.7 Å². The number of carbonyl (C=O) groups excluding carboxylic acids is 2. The lowest BCUT2D eigenvalue weighted by Crippen LogP contribution is -2.49. The van der Waals surface area contributed by atoms with Crippen LogP contribution >= 0.6 is 0 Å². The lowest BCUT2D eigenvalue weighted by molar-refractivity contribution is -0.141. The van der Waals surface area contributed by atoms with Crippen LogP contribution in [0.4, 0.5) is 0 Å². The molecule has 6 nitrogen and oxygen atoms in total. The van der Waals surface area contributed by atoms with Crippen molar-refractivity contribution < 1.29 is 19.1 Å². The van der Waals surface area contributed by atoms with Crippen LogP contribution in [0.2, 0.25) is 0 Å². The minimum atomic E-state index is -0.513. The lowest BCUT2D eigenvalue weighted by atomic mass is 10.0. The Labute approximate surface area is 211 Å². The molecule has 0 spiro atoms. The Morgan fingerprint density at radius 3 is 2.29 bits per heavy atom. The molecule has 0 radical (unpaired) electrons. The fourth-order valence-electron chi connectivity index (χ4n) is 4.00. The van der Waals surface area contributed by atoms with Crippen LogP contribution in [-0.4, -0.2) is 42.5 Å². The summed E-state index contributed by atoms with van der Waals surface area (Å²) in [6.45, 7) is 14.1. The highest BCUT2D eigenvalue weighted by Crippen LogP contribution is 2.29. The topological polar surface area (TPSA) is 67.9 Å². The van der Waals surface area contributed by atoms with Crippen LogP contribution in [0.1, 0.15) is 64.2 Å². The summed E-state index contributed by atoms with van der Waals surface area (Å²) >= 11 is 0. The van der Waals surface area contributed by atoms with Crippen molar-refractivity contribution in [3.63, 3.8) is 0 Å². The average molecular weight is 483 g/mol. The molecule has 1 atom stereocenters. The number of aryl methyl sites for hydroxylation is 2. The smallest absolute Gasteiger partial charge is 0.242 e. The van der Waals surface area contributed by atoms with Gasteiger partial charge in [-0.15, -0.1) is 0 Å². The molecular weight excluding hydrogens is 440 g/mol. The number of rotatable bonds is 14. The van der Waals surface area contributed by atoms with Crippen LogP contribution in [0.15, 0.2) is 42.5 Å². The largest absolute Gasteiger partial charge is 0.490 e. The number of nitrogens with zero attached hydrogens (tertiary/aromatic N) is 1. The van der Waals surface area contributed by atoms with Crippen molar-refractivity contribution in [2.75, 3.05) is 19.8 Å². The molecule has 2 aromatic rings. The summed E-state index contributed by atoms with van der Waals surface area (Å²) in [5.41, 5.74) is 3.15. The van der Waals surface area contributed by atoms with Gasteiger partial charge in [0.15, 0.2) is 11.5 Å². The molecule has 0 saturated carbocycles. The van der Waals surface area contributed by atoms with E-state index in [1.165, 1.54) is 0 Å².